The molecular formula is C11H8F4N2OS. The third-order valence-corrected chi connectivity index (χ3v) is 2.87. The monoisotopic (exact) mass is 292 g/mol. The lowest BCUT2D eigenvalue weighted by atomic mass is 10.3. The number of alkyl halides is 3. The third kappa shape index (κ3) is 3.82. The minimum Gasteiger partial charge on any atom is -0.406 e. The van der Waals surface area contributed by atoms with Crippen LogP contribution in [0.25, 0.3) is 0 Å². The lowest BCUT2D eigenvalue weighted by Gasteiger charge is -2.10. The highest BCUT2D eigenvalue weighted by Crippen LogP contribution is 2.29. The van der Waals surface area contributed by atoms with E-state index in [0.29, 0.717) is 11.2 Å². The number of aryl methyl sites for hydroxylation is 1. The highest BCUT2D eigenvalue weighted by molar-refractivity contribution is 7.15. The molecule has 0 amide bonds. The summed E-state index contributed by atoms with van der Waals surface area (Å²) in [6.45, 7) is 1.83. The van der Waals surface area contributed by atoms with E-state index < -0.39 is 17.9 Å². The van der Waals surface area contributed by atoms with Crippen LogP contribution in [-0.4, -0.2) is 11.3 Å². The molecule has 0 saturated heterocycles. The van der Waals surface area contributed by atoms with Crippen LogP contribution in [-0.2, 0) is 0 Å². The van der Waals surface area contributed by atoms with E-state index in [4.69, 9.17) is 0 Å². The van der Waals surface area contributed by atoms with Crippen molar-refractivity contribution < 1.29 is 22.3 Å². The number of nitrogens with zero attached hydrogens (tertiary/aromatic N) is 1. The lowest BCUT2D eigenvalue weighted by Crippen LogP contribution is -2.17. The number of anilines is 2. The molecule has 0 radical (unpaired) electrons. The molecule has 1 aromatic carbocycles. The van der Waals surface area contributed by atoms with Crippen molar-refractivity contribution in [1.29, 1.82) is 0 Å². The summed E-state index contributed by atoms with van der Waals surface area (Å²) < 4.78 is 53.1. The van der Waals surface area contributed by atoms with E-state index in [-0.39, 0.29) is 5.69 Å². The molecule has 3 nitrogen and oxygen atoms in total. The Morgan fingerprint density at radius 2 is 2.05 bits per heavy atom. The molecule has 1 heterocycles. The van der Waals surface area contributed by atoms with Crippen LogP contribution in [0.2, 0.25) is 0 Å². The summed E-state index contributed by atoms with van der Waals surface area (Å²) in [7, 11) is 0. The zero-order chi connectivity index (χ0) is 14.0. The summed E-state index contributed by atoms with van der Waals surface area (Å²) in [6.07, 6.45) is -3.24. The zero-order valence-corrected chi connectivity index (χ0v) is 10.4. The van der Waals surface area contributed by atoms with E-state index in [0.717, 1.165) is 17.0 Å². The van der Waals surface area contributed by atoms with Crippen LogP contribution in [0.15, 0.2) is 24.4 Å². The van der Waals surface area contributed by atoms with E-state index in [2.05, 4.69) is 15.0 Å². The molecule has 1 aromatic heterocycles. The molecule has 0 aliphatic heterocycles. The maximum Gasteiger partial charge on any atom is 0.573 e. The van der Waals surface area contributed by atoms with Gasteiger partial charge in [0.25, 0.3) is 0 Å². The first kappa shape index (κ1) is 13.6. The molecule has 0 unspecified atom stereocenters. The lowest BCUT2D eigenvalue weighted by molar-refractivity contribution is -0.274. The second-order valence-electron chi connectivity index (χ2n) is 3.59. The third-order valence-electron chi connectivity index (χ3n) is 2.04. The van der Waals surface area contributed by atoms with Crippen LogP contribution in [0.5, 0.6) is 5.75 Å². The van der Waals surface area contributed by atoms with Gasteiger partial charge in [0.15, 0.2) is 5.13 Å². The minimum atomic E-state index is -4.84. The largest absolute Gasteiger partial charge is 0.573 e. The maximum atomic E-state index is 13.6. The van der Waals surface area contributed by atoms with Crippen molar-refractivity contribution in [1.82, 2.24) is 4.98 Å². The van der Waals surface area contributed by atoms with Crippen LogP contribution >= 0.6 is 11.3 Å². The number of thiazole rings is 1. The number of halogens is 4. The Bertz CT molecular complexity index is 582. The molecule has 19 heavy (non-hydrogen) atoms. The molecule has 8 heteroatoms. The molecule has 0 aliphatic rings. The van der Waals surface area contributed by atoms with Crippen LogP contribution in [0.3, 0.4) is 0 Å². The predicted octanol–water partition coefficient (Wildman–Crippen LogP) is 4.23. The smallest absolute Gasteiger partial charge is 0.406 e. The Hall–Kier alpha value is -1.83. The van der Waals surface area contributed by atoms with Crippen molar-refractivity contribution in [2.45, 2.75) is 13.3 Å². The van der Waals surface area contributed by atoms with E-state index in [1.807, 2.05) is 6.92 Å². The van der Waals surface area contributed by atoms with Crippen molar-refractivity contribution in [2.24, 2.45) is 0 Å². The first-order valence-corrected chi connectivity index (χ1v) is 5.90. The zero-order valence-electron chi connectivity index (χ0n) is 9.58. The van der Waals surface area contributed by atoms with Gasteiger partial charge in [0.2, 0.25) is 0 Å². The normalized spacial score (nSPS) is 11.4. The Kier molecular flexibility index (Phi) is 3.61. The molecule has 0 bridgehead atoms. The van der Waals surface area contributed by atoms with Crippen molar-refractivity contribution >= 4 is 22.2 Å². The summed E-state index contributed by atoms with van der Waals surface area (Å²) in [5.74, 6) is -1.46. The SMILES string of the molecule is Cc1cnc(Nc2ccc(OC(F)(F)F)cc2F)s1. The molecule has 2 rings (SSSR count). The van der Waals surface area contributed by atoms with E-state index in [1.54, 1.807) is 6.20 Å². The van der Waals surface area contributed by atoms with E-state index in [9.17, 15) is 17.6 Å². The molecule has 1 N–H and O–H groups in total. The van der Waals surface area contributed by atoms with Gasteiger partial charge >= 0.3 is 6.36 Å². The summed E-state index contributed by atoms with van der Waals surface area (Å²) in [4.78, 5) is 4.89. The Morgan fingerprint density at radius 3 is 2.58 bits per heavy atom. The number of rotatable bonds is 3. The molecule has 0 saturated carbocycles. The topological polar surface area (TPSA) is 34.2 Å². The van der Waals surface area contributed by atoms with E-state index in [1.165, 1.54) is 11.3 Å². The van der Waals surface area contributed by atoms with Gasteiger partial charge in [-0.1, -0.05) is 0 Å². The average Bonchev–Trinajstić information content (AvgIpc) is 2.66. The van der Waals surface area contributed by atoms with Gasteiger partial charge in [0.1, 0.15) is 11.6 Å². The van der Waals surface area contributed by atoms with Gasteiger partial charge in [0, 0.05) is 17.1 Å². The molecule has 0 atom stereocenters. The number of nitrogens with one attached hydrogen (secondary N) is 1. The molecule has 0 fully saturated rings. The highest BCUT2D eigenvalue weighted by atomic mass is 32.1. The fourth-order valence-corrected chi connectivity index (χ4v) is 2.00. The Morgan fingerprint density at radius 1 is 1.32 bits per heavy atom. The predicted molar refractivity (Wildman–Crippen MR) is 63.2 cm³/mol. The summed E-state index contributed by atoms with van der Waals surface area (Å²) in [6, 6.07) is 2.85. The van der Waals surface area contributed by atoms with E-state index >= 15 is 0 Å². The Balaban J connectivity index is 2.15. The van der Waals surface area contributed by atoms with Crippen molar-refractivity contribution in [3.63, 3.8) is 0 Å². The molecule has 0 aliphatic carbocycles. The highest BCUT2D eigenvalue weighted by Gasteiger charge is 2.31. The van der Waals surface area contributed by atoms with Crippen molar-refractivity contribution in [3.8, 4) is 5.75 Å². The quantitative estimate of drug-likeness (QED) is 0.859. The number of hydrogen-bond acceptors (Lipinski definition) is 4. The van der Waals surface area contributed by atoms with Gasteiger partial charge in [0.05, 0.1) is 5.69 Å². The molecular weight excluding hydrogens is 284 g/mol. The first-order chi connectivity index (χ1) is 8.83. The molecule has 102 valence electrons. The fraction of sp³-hybridized carbons (Fsp3) is 0.182. The van der Waals surface area contributed by atoms with Crippen LogP contribution in [0.4, 0.5) is 28.4 Å². The second kappa shape index (κ2) is 5.04. The number of hydrogen-bond donors (Lipinski definition) is 1. The second-order valence-corrected chi connectivity index (χ2v) is 4.83. The van der Waals surface area contributed by atoms with Crippen LogP contribution in [0, 0.1) is 12.7 Å². The van der Waals surface area contributed by atoms with Gasteiger partial charge in [-0.15, -0.1) is 24.5 Å². The number of ether oxygens (including phenoxy) is 1. The van der Waals surface area contributed by atoms with Crippen LogP contribution in [0.1, 0.15) is 4.88 Å². The summed E-state index contributed by atoms with van der Waals surface area (Å²) in [5.41, 5.74) is 0.0314. The van der Waals surface area contributed by atoms with Crippen molar-refractivity contribution in [3.05, 3.63) is 35.1 Å². The van der Waals surface area contributed by atoms with Gasteiger partial charge in [-0.2, -0.15) is 0 Å². The standard InChI is InChI=1S/C11H8F4N2OS/c1-6-5-16-10(19-6)17-9-3-2-7(4-8(9)12)18-11(13,14)15/h2-5H,1H3,(H,16,17). The first-order valence-electron chi connectivity index (χ1n) is 5.08. The fourth-order valence-electron chi connectivity index (χ4n) is 1.32. The molecule has 0 spiro atoms. The van der Waals surface area contributed by atoms with Gasteiger partial charge < -0.3 is 10.1 Å². The minimum absolute atomic E-state index is 0.0314. The average molecular weight is 292 g/mol. The maximum absolute atomic E-state index is 13.6. The van der Waals surface area contributed by atoms with Crippen molar-refractivity contribution in [2.75, 3.05) is 5.32 Å². The van der Waals surface area contributed by atoms with Gasteiger partial charge in [-0.25, -0.2) is 9.37 Å². The van der Waals surface area contributed by atoms with Gasteiger partial charge in [-0.05, 0) is 19.1 Å². The number of aromatic nitrogens is 1. The van der Waals surface area contributed by atoms with Crippen LogP contribution < -0.4 is 10.1 Å². The Labute approximate surface area is 109 Å². The summed E-state index contributed by atoms with van der Waals surface area (Å²) >= 11 is 1.31. The number of benzene rings is 1. The summed E-state index contributed by atoms with van der Waals surface area (Å²) in [5, 5.41) is 3.14. The van der Waals surface area contributed by atoms with Gasteiger partial charge in [-0.3, -0.25) is 0 Å². The molecule has 2 aromatic rings.